The molecule has 0 aromatic rings. The van der Waals surface area contributed by atoms with Gasteiger partial charge in [-0.2, -0.15) is 0 Å². The summed E-state index contributed by atoms with van der Waals surface area (Å²) in [7, 11) is 0. The molecule has 0 atom stereocenters. The fraction of sp³-hybridized carbons (Fsp3) is 0.500. The number of hydrogen-bond acceptors (Lipinski definition) is 0. The van der Waals surface area contributed by atoms with Crippen LogP contribution in [-0.2, 0) is 0 Å². The van der Waals surface area contributed by atoms with Gasteiger partial charge in [0.1, 0.15) is 0 Å². The van der Waals surface area contributed by atoms with Crippen LogP contribution in [0.1, 0.15) is 6.92 Å². The number of halogens is 4. The van der Waals surface area contributed by atoms with Gasteiger partial charge >= 0.3 is 0 Å². The first-order chi connectivity index (χ1) is 3.42. The molecule has 0 aliphatic carbocycles. The van der Waals surface area contributed by atoms with E-state index in [9.17, 15) is 0 Å². The molecule has 4 heteroatoms. The average Bonchev–Trinajstić information content (AvgIpc) is 1.21. The smallest absolute Gasteiger partial charge is 0.0896 e. The van der Waals surface area contributed by atoms with E-state index in [1.165, 1.54) is 6.08 Å². The Morgan fingerprint density at radius 3 is 1.75 bits per heavy atom. The highest BCUT2D eigenvalue weighted by Crippen LogP contribution is 2.29. The van der Waals surface area contributed by atoms with Gasteiger partial charge in [-0.1, -0.05) is 46.4 Å². The molecule has 0 aromatic carbocycles. The summed E-state index contributed by atoms with van der Waals surface area (Å²) in [6.07, 6.45) is 1.33. The predicted octanol–water partition coefficient (Wildman–Crippen LogP) is 3.50. The lowest BCUT2D eigenvalue weighted by molar-refractivity contribution is 1.42. The fourth-order valence-corrected chi connectivity index (χ4v) is 1.05. The first kappa shape index (κ1) is 8.90. The number of hydrogen-bond donors (Lipinski definition) is 0. The zero-order chi connectivity index (χ0) is 6.78. The van der Waals surface area contributed by atoms with Gasteiger partial charge in [0.05, 0.1) is 0 Å². The van der Waals surface area contributed by atoms with Crippen molar-refractivity contribution in [1.29, 1.82) is 0 Å². The molecule has 0 radical (unpaired) electrons. The van der Waals surface area contributed by atoms with Crippen molar-refractivity contribution in [2.24, 2.45) is 0 Å². The maximum atomic E-state index is 5.37. The molecule has 0 spiro atoms. The Hall–Kier alpha value is 0.900. The topological polar surface area (TPSA) is 0 Å². The van der Waals surface area contributed by atoms with E-state index in [0.29, 0.717) is 5.03 Å². The summed E-state index contributed by atoms with van der Waals surface area (Å²) in [5.41, 5.74) is 0. The van der Waals surface area contributed by atoms with Crippen molar-refractivity contribution in [2.75, 3.05) is 0 Å². The van der Waals surface area contributed by atoms with Crippen LogP contribution in [0.3, 0.4) is 0 Å². The Morgan fingerprint density at radius 1 is 1.38 bits per heavy atom. The van der Waals surface area contributed by atoms with Crippen LogP contribution >= 0.6 is 46.4 Å². The molecule has 0 heterocycles. The first-order valence-corrected chi connectivity index (χ1v) is 3.35. The first-order valence-electron chi connectivity index (χ1n) is 1.83. The van der Waals surface area contributed by atoms with E-state index < -0.39 is 3.79 Å². The molecule has 0 aromatic heterocycles. The summed E-state index contributed by atoms with van der Waals surface area (Å²) in [5, 5.41) is 0.477. The molecular formula is C4H4Cl4. The van der Waals surface area contributed by atoms with Crippen LogP contribution in [0, 0.1) is 0 Å². The zero-order valence-electron chi connectivity index (χ0n) is 4.09. The lowest BCUT2D eigenvalue weighted by atomic mass is 10.6. The van der Waals surface area contributed by atoms with E-state index in [1.54, 1.807) is 6.92 Å². The van der Waals surface area contributed by atoms with E-state index in [0.717, 1.165) is 0 Å². The summed E-state index contributed by atoms with van der Waals surface area (Å²) >= 11 is 21.3. The van der Waals surface area contributed by atoms with E-state index >= 15 is 0 Å². The Balaban J connectivity index is 3.89. The molecule has 0 N–H and O–H groups in total. The molecule has 0 unspecified atom stereocenters. The lowest BCUT2D eigenvalue weighted by Gasteiger charge is -2.01. The molecule has 0 saturated heterocycles. The third-order valence-corrected chi connectivity index (χ3v) is 0.799. The normalized spacial score (nSPS) is 14.4. The van der Waals surface area contributed by atoms with E-state index in [-0.39, 0.29) is 0 Å². The number of allylic oxidation sites excluding steroid dienone is 2. The quantitative estimate of drug-likeness (QED) is 0.517. The molecule has 0 aliphatic heterocycles. The minimum atomic E-state index is -1.36. The highest BCUT2D eigenvalue weighted by Gasteiger charge is 2.14. The molecule has 0 rings (SSSR count). The monoisotopic (exact) mass is 192 g/mol. The lowest BCUT2D eigenvalue weighted by Crippen LogP contribution is -1.94. The van der Waals surface area contributed by atoms with Crippen molar-refractivity contribution < 1.29 is 0 Å². The highest BCUT2D eigenvalue weighted by molar-refractivity contribution is 6.69. The molecule has 0 fully saturated rings. The molecule has 0 amide bonds. The van der Waals surface area contributed by atoms with Crippen molar-refractivity contribution in [3.63, 3.8) is 0 Å². The number of alkyl halides is 3. The van der Waals surface area contributed by atoms with Gasteiger partial charge in [-0.25, -0.2) is 0 Å². The zero-order valence-corrected chi connectivity index (χ0v) is 7.11. The SMILES string of the molecule is CC(Cl)=CC(Cl)(Cl)Cl. The molecule has 48 valence electrons. The van der Waals surface area contributed by atoms with Gasteiger partial charge in [0, 0.05) is 5.03 Å². The van der Waals surface area contributed by atoms with Crippen LogP contribution < -0.4 is 0 Å². The third-order valence-electron chi connectivity index (χ3n) is 0.363. The molecule has 0 saturated carbocycles. The highest BCUT2D eigenvalue weighted by atomic mass is 35.6. The molecule has 0 nitrogen and oxygen atoms in total. The summed E-state index contributed by atoms with van der Waals surface area (Å²) in [4.78, 5) is 0. The maximum absolute atomic E-state index is 5.37. The maximum Gasteiger partial charge on any atom is 0.210 e. The minimum absolute atomic E-state index is 0.477. The molecule has 0 aliphatic rings. The Bertz CT molecular complexity index is 95.1. The van der Waals surface area contributed by atoms with Gasteiger partial charge in [0.2, 0.25) is 3.79 Å². The van der Waals surface area contributed by atoms with Gasteiger partial charge in [-0.3, -0.25) is 0 Å². The molecule has 8 heavy (non-hydrogen) atoms. The Labute approximate surface area is 68.4 Å². The van der Waals surface area contributed by atoms with Crippen molar-refractivity contribution in [2.45, 2.75) is 10.7 Å². The summed E-state index contributed by atoms with van der Waals surface area (Å²) in [6, 6.07) is 0. The fourth-order valence-electron chi connectivity index (χ4n) is 0.226. The van der Waals surface area contributed by atoms with Gasteiger partial charge in [-0.05, 0) is 13.0 Å². The van der Waals surface area contributed by atoms with Crippen molar-refractivity contribution in [3.05, 3.63) is 11.1 Å². The van der Waals surface area contributed by atoms with Gasteiger partial charge in [0.25, 0.3) is 0 Å². The predicted molar refractivity (Wildman–Crippen MR) is 39.9 cm³/mol. The van der Waals surface area contributed by atoms with Crippen LogP contribution in [0.15, 0.2) is 11.1 Å². The van der Waals surface area contributed by atoms with E-state index in [2.05, 4.69) is 0 Å². The van der Waals surface area contributed by atoms with Gasteiger partial charge in [0.15, 0.2) is 0 Å². The Morgan fingerprint density at radius 2 is 1.75 bits per heavy atom. The van der Waals surface area contributed by atoms with Crippen molar-refractivity contribution in [3.8, 4) is 0 Å². The summed E-state index contributed by atoms with van der Waals surface area (Å²) < 4.78 is -1.36. The van der Waals surface area contributed by atoms with Crippen molar-refractivity contribution >= 4 is 46.4 Å². The average molecular weight is 194 g/mol. The Kier molecular flexibility index (Phi) is 3.52. The molecule has 0 bridgehead atoms. The second-order valence-electron chi connectivity index (χ2n) is 1.27. The largest absolute Gasteiger partial charge is 0.210 e. The van der Waals surface area contributed by atoms with Crippen LogP contribution in [0.5, 0.6) is 0 Å². The van der Waals surface area contributed by atoms with E-state index in [4.69, 9.17) is 46.4 Å². The second-order valence-corrected chi connectivity index (χ2v) is 4.24. The number of rotatable bonds is 0. The van der Waals surface area contributed by atoms with Gasteiger partial charge < -0.3 is 0 Å². The third kappa shape index (κ3) is 6.90. The standard InChI is InChI=1S/C4H4Cl4/c1-3(5)2-4(6,7)8/h2H,1H3. The summed E-state index contributed by atoms with van der Waals surface area (Å²) in [6.45, 7) is 1.64. The minimum Gasteiger partial charge on any atom is -0.0896 e. The van der Waals surface area contributed by atoms with Gasteiger partial charge in [-0.15, -0.1) is 0 Å². The van der Waals surface area contributed by atoms with E-state index in [1.807, 2.05) is 0 Å². The summed E-state index contributed by atoms with van der Waals surface area (Å²) in [5.74, 6) is 0. The van der Waals surface area contributed by atoms with Crippen molar-refractivity contribution in [1.82, 2.24) is 0 Å². The van der Waals surface area contributed by atoms with Crippen LogP contribution in [0.25, 0.3) is 0 Å². The van der Waals surface area contributed by atoms with Crippen LogP contribution in [0.4, 0.5) is 0 Å². The van der Waals surface area contributed by atoms with Crippen LogP contribution in [-0.4, -0.2) is 3.79 Å². The molecular weight excluding hydrogens is 190 g/mol. The van der Waals surface area contributed by atoms with Crippen LogP contribution in [0.2, 0.25) is 0 Å². The second kappa shape index (κ2) is 3.17.